The second-order valence-corrected chi connectivity index (χ2v) is 9.09. The lowest BCUT2D eigenvalue weighted by molar-refractivity contribution is 0.0950. The zero-order valence-corrected chi connectivity index (χ0v) is 17.6. The SMILES string of the molecule is CC(C)NS(=O)(=O)c1cccc(C(=O)NCC(Nc2ccccc2)C(C)C)c1. The second kappa shape index (κ2) is 9.71. The van der Waals surface area contributed by atoms with E-state index in [0.717, 1.165) is 5.69 Å². The second-order valence-electron chi connectivity index (χ2n) is 7.37. The van der Waals surface area contributed by atoms with Crippen LogP contribution >= 0.6 is 0 Å². The van der Waals surface area contributed by atoms with Gasteiger partial charge in [-0.3, -0.25) is 4.79 Å². The van der Waals surface area contributed by atoms with Gasteiger partial charge in [0.05, 0.1) is 4.90 Å². The molecule has 0 aliphatic rings. The maximum atomic E-state index is 12.6. The fourth-order valence-corrected chi connectivity index (χ4v) is 3.99. The molecule has 1 unspecified atom stereocenters. The highest BCUT2D eigenvalue weighted by atomic mass is 32.2. The van der Waals surface area contributed by atoms with Crippen molar-refractivity contribution in [2.75, 3.05) is 11.9 Å². The zero-order valence-electron chi connectivity index (χ0n) is 16.8. The Bertz CT molecular complexity index is 881. The smallest absolute Gasteiger partial charge is 0.251 e. The molecule has 0 spiro atoms. The molecule has 0 saturated heterocycles. The Morgan fingerprint density at radius 2 is 1.64 bits per heavy atom. The molecule has 2 rings (SSSR count). The zero-order chi connectivity index (χ0) is 20.7. The number of hydrogen-bond donors (Lipinski definition) is 3. The van der Waals surface area contributed by atoms with Crippen molar-refractivity contribution in [3.8, 4) is 0 Å². The first-order chi connectivity index (χ1) is 13.2. The van der Waals surface area contributed by atoms with Crippen LogP contribution < -0.4 is 15.4 Å². The first-order valence-electron chi connectivity index (χ1n) is 9.41. The van der Waals surface area contributed by atoms with E-state index in [1.165, 1.54) is 12.1 Å². The number of hydrogen-bond acceptors (Lipinski definition) is 4. The monoisotopic (exact) mass is 403 g/mol. The van der Waals surface area contributed by atoms with Crippen molar-refractivity contribution in [2.24, 2.45) is 5.92 Å². The van der Waals surface area contributed by atoms with Gasteiger partial charge in [-0.25, -0.2) is 13.1 Å². The maximum Gasteiger partial charge on any atom is 0.251 e. The van der Waals surface area contributed by atoms with Crippen molar-refractivity contribution < 1.29 is 13.2 Å². The Balaban J connectivity index is 2.06. The summed E-state index contributed by atoms with van der Waals surface area (Å²) in [5, 5.41) is 6.33. The Labute approximate surface area is 167 Å². The van der Waals surface area contributed by atoms with Gasteiger partial charge in [-0.05, 0) is 50.1 Å². The molecule has 1 amide bonds. The summed E-state index contributed by atoms with van der Waals surface area (Å²) < 4.78 is 27.2. The van der Waals surface area contributed by atoms with E-state index < -0.39 is 10.0 Å². The minimum Gasteiger partial charge on any atom is -0.380 e. The van der Waals surface area contributed by atoms with Crippen molar-refractivity contribution in [3.63, 3.8) is 0 Å². The highest BCUT2D eigenvalue weighted by molar-refractivity contribution is 7.89. The Morgan fingerprint density at radius 1 is 0.964 bits per heavy atom. The molecule has 6 nitrogen and oxygen atoms in total. The summed E-state index contributed by atoms with van der Waals surface area (Å²) in [5.41, 5.74) is 1.30. The first kappa shape index (κ1) is 21.9. The van der Waals surface area contributed by atoms with Gasteiger partial charge in [0.1, 0.15) is 0 Å². The van der Waals surface area contributed by atoms with Gasteiger partial charge >= 0.3 is 0 Å². The summed E-state index contributed by atoms with van der Waals surface area (Å²) in [7, 11) is -3.64. The van der Waals surface area contributed by atoms with Gasteiger partial charge in [-0.2, -0.15) is 0 Å². The summed E-state index contributed by atoms with van der Waals surface area (Å²) >= 11 is 0. The molecule has 0 aliphatic carbocycles. The molecule has 0 aliphatic heterocycles. The van der Waals surface area contributed by atoms with Crippen LogP contribution in [0.3, 0.4) is 0 Å². The normalized spacial score (nSPS) is 12.8. The van der Waals surface area contributed by atoms with Crippen LogP contribution in [0.5, 0.6) is 0 Å². The lowest BCUT2D eigenvalue weighted by Gasteiger charge is -2.24. The highest BCUT2D eigenvalue weighted by Crippen LogP contribution is 2.14. The molecular formula is C21H29N3O3S. The summed E-state index contributed by atoms with van der Waals surface area (Å²) in [5.74, 6) is -0.00966. The van der Waals surface area contributed by atoms with E-state index in [1.54, 1.807) is 26.0 Å². The first-order valence-corrected chi connectivity index (χ1v) is 10.9. The fraction of sp³-hybridized carbons (Fsp3) is 0.381. The number of carbonyl (C=O) groups is 1. The van der Waals surface area contributed by atoms with Gasteiger partial charge in [0.2, 0.25) is 10.0 Å². The standard InChI is InChI=1S/C21H29N3O3S/c1-15(2)20(23-18-10-6-5-7-11-18)14-22-21(25)17-9-8-12-19(13-17)28(26,27)24-16(3)4/h5-13,15-16,20,23-24H,14H2,1-4H3,(H,22,25). The predicted octanol–water partition coefficient (Wildman–Crippen LogP) is 3.24. The average molecular weight is 404 g/mol. The number of anilines is 1. The highest BCUT2D eigenvalue weighted by Gasteiger charge is 2.19. The molecule has 2 aromatic carbocycles. The van der Waals surface area contributed by atoms with Crippen molar-refractivity contribution in [2.45, 2.75) is 44.7 Å². The van der Waals surface area contributed by atoms with Crippen LogP contribution in [0.2, 0.25) is 0 Å². The molecule has 0 bridgehead atoms. The van der Waals surface area contributed by atoms with E-state index >= 15 is 0 Å². The largest absolute Gasteiger partial charge is 0.380 e. The van der Waals surface area contributed by atoms with Crippen molar-refractivity contribution >= 4 is 21.6 Å². The molecule has 1 atom stereocenters. The van der Waals surface area contributed by atoms with E-state index in [1.807, 2.05) is 30.3 Å². The van der Waals surface area contributed by atoms with Gasteiger partial charge in [0.15, 0.2) is 0 Å². The Hall–Kier alpha value is -2.38. The third-order valence-electron chi connectivity index (χ3n) is 4.21. The quantitative estimate of drug-likeness (QED) is 0.600. The lowest BCUT2D eigenvalue weighted by Crippen LogP contribution is -2.39. The van der Waals surface area contributed by atoms with Crippen LogP contribution in [0.15, 0.2) is 59.5 Å². The third-order valence-corrected chi connectivity index (χ3v) is 5.87. The van der Waals surface area contributed by atoms with Gasteiger partial charge in [0, 0.05) is 29.9 Å². The fourth-order valence-electron chi connectivity index (χ4n) is 2.69. The topological polar surface area (TPSA) is 87.3 Å². The summed E-state index contributed by atoms with van der Waals surface area (Å²) in [4.78, 5) is 12.7. The van der Waals surface area contributed by atoms with Crippen LogP contribution in [0.1, 0.15) is 38.1 Å². The van der Waals surface area contributed by atoms with E-state index in [4.69, 9.17) is 0 Å². The molecular weight excluding hydrogens is 374 g/mol. The minimum atomic E-state index is -3.64. The van der Waals surface area contributed by atoms with Crippen LogP contribution in [0.25, 0.3) is 0 Å². The predicted molar refractivity (Wildman–Crippen MR) is 113 cm³/mol. The Morgan fingerprint density at radius 3 is 2.25 bits per heavy atom. The van der Waals surface area contributed by atoms with E-state index in [0.29, 0.717) is 18.0 Å². The van der Waals surface area contributed by atoms with Crippen molar-refractivity contribution in [1.29, 1.82) is 0 Å². The molecule has 0 heterocycles. The van der Waals surface area contributed by atoms with Gasteiger partial charge < -0.3 is 10.6 Å². The van der Waals surface area contributed by atoms with E-state index in [-0.39, 0.29) is 22.9 Å². The van der Waals surface area contributed by atoms with Crippen LogP contribution in [0.4, 0.5) is 5.69 Å². The van der Waals surface area contributed by atoms with Crippen LogP contribution in [-0.4, -0.2) is 33.0 Å². The molecule has 0 aromatic heterocycles. The molecule has 7 heteroatoms. The van der Waals surface area contributed by atoms with Gasteiger partial charge in [-0.1, -0.05) is 38.1 Å². The number of nitrogens with one attached hydrogen (secondary N) is 3. The number of carbonyl (C=O) groups excluding carboxylic acids is 1. The molecule has 0 radical (unpaired) electrons. The van der Waals surface area contributed by atoms with Gasteiger partial charge in [0.25, 0.3) is 5.91 Å². The molecule has 3 N–H and O–H groups in total. The van der Waals surface area contributed by atoms with Crippen LogP contribution in [-0.2, 0) is 10.0 Å². The van der Waals surface area contributed by atoms with Crippen molar-refractivity contribution in [1.82, 2.24) is 10.0 Å². The molecule has 0 saturated carbocycles. The van der Waals surface area contributed by atoms with Gasteiger partial charge in [-0.15, -0.1) is 0 Å². The van der Waals surface area contributed by atoms with Crippen molar-refractivity contribution in [3.05, 3.63) is 60.2 Å². The van der Waals surface area contributed by atoms with E-state index in [9.17, 15) is 13.2 Å². The number of sulfonamides is 1. The summed E-state index contributed by atoms with van der Waals surface area (Å²) in [6.07, 6.45) is 0. The molecule has 28 heavy (non-hydrogen) atoms. The van der Waals surface area contributed by atoms with Crippen LogP contribution in [0, 0.1) is 5.92 Å². The number of para-hydroxylation sites is 1. The molecule has 152 valence electrons. The Kier molecular flexibility index (Phi) is 7.60. The molecule has 0 fully saturated rings. The lowest BCUT2D eigenvalue weighted by atomic mass is 10.0. The average Bonchev–Trinajstić information content (AvgIpc) is 2.64. The maximum absolute atomic E-state index is 12.6. The minimum absolute atomic E-state index is 0.0425. The number of amides is 1. The third kappa shape index (κ3) is 6.35. The summed E-state index contributed by atoms with van der Waals surface area (Å²) in [6.45, 7) is 8.08. The molecule has 2 aromatic rings. The number of rotatable bonds is 9. The summed E-state index contributed by atoms with van der Waals surface area (Å²) in [6, 6.07) is 15.7. The number of benzene rings is 2. The van der Waals surface area contributed by atoms with E-state index in [2.05, 4.69) is 29.2 Å².